The summed E-state index contributed by atoms with van der Waals surface area (Å²) in [7, 11) is 0. The van der Waals surface area contributed by atoms with E-state index in [1.165, 1.54) is 22.3 Å². The molecule has 210 valence electrons. The Morgan fingerprint density at radius 1 is 0.511 bits per heavy atom. The number of hydrogen-bond acceptors (Lipinski definition) is 4. The van der Waals surface area contributed by atoms with Crippen LogP contribution in [-0.2, 0) is 6.42 Å². The van der Waals surface area contributed by atoms with Crippen molar-refractivity contribution < 1.29 is 4.42 Å². The maximum absolute atomic E-state index is 6.34. The van der Waals surface area contributed by atoms with Crippen LogP contribution in [0.1, 0.15) is 11.1 Å². The van der Waals surface area contributed by atoms with Gasteiger partial charge < -0.3 is 4.42 Å². The van der Waals surface area contributed by atoms with Crippen molar-refractivity contribution in [2.75, 3.05) is 0 Å². The number of aromatic nitrogens is 4. The minimum Gasteiger partial charge on any atom is -0.456 e. The maximum Gasteiger partial charge on any atom is 0.238 e. The van der Waals surface area contributed by atoms with E-state index < -0.39 is 0 Å². The first-order valence-electron chi connectivity index (χ1n) is 15.2. The van der Waals surface area contributed by atoms with Crippen LogP contribution in [-0.4, -0.2) is 19.5 Å². The number of fused-ring (bicyclic) bond motifs is 10. The minimum atomic E-state index is 0.576. The van der Waals surface area contributed by atoms with E-state index in [1.54, 1.807) is 0 Å². The Morgan fingerprint density at radius 3 is 2.16 bits per heavy atom. The van der Waals surface area contributed by atoms with Gasteiger partial charge in [-0.1, -0.05) is 103 Å². The highest BCUT2D eigenvalue weighted by Gasteiger charge is 2.23. The molecule has 0 fully saturated rings. The molecule has 0 radical (unpaired) electrons. The lowest BCUT2D eigenvalue weighted by molar-refractivity contribution is 0.669. The fourth-order valence-corrected chi connectivity index (χ4v) is 7.07. The zero-order chi connectivity index (χ0) is 29.5. The molecule has 1 aliphatic rings. The fourth-order valence-electron chi connectivity index (χ4n) is 7.07. The van der Waals surface area contributed by atoms with Crippen LogP contribution >= 0.6 is 0 Å². The van der Waals surface area contributed by atoms with Crippen molar-refractivity contribution in [2.24, 2.45) is 0 Å². The zero-order valence-electron chi connectivity index (χ0n) is 24.1. The predicted octanol–water partition coefficient (Wildman–Crippen LogP) is 9.77. The molecule has 9 aromatic rings. The third-order valence-electron chi connectivity index (χ3n) is 9.08. The summed E-state index contributed by atoms with van der Waals surface area (Å²) < 4.78 is 8.53. The number of hydrogen-bond donors (Lipinski definition) is 0. The van der Waals surface area contributed by atoms with Crippen molar-refractivity contribution in [3.05, 3.63) is 145 Å². The molecule has 3 heterocycles. The standard InChI is InChI=1S/C40H24N4O/c1-2-10-24(11-3-1)38-41-39(26-18-19-29-27(23-26)22-25-12-4-5-13-28(25)29)43-40(42-38)44-33-16-8-6-14-30(33)31-20-21-35-36(37(31)44)32-15-7-9-17-34(32)45-35/h1-21,23H,22H2. The van der Waals surface area contributed by atoms with Gasteiger partial charge in [0.2, 0.25) is 5.95 Å². The summed E-state index contributed by atoms with van der Waals surface area (Å²) in [6.45, 7) is 0. The molecule has 0 spiro atoms. The van der Waals surface area contributed by atoms with E-state index in [0.717, 1.165) is 61.3 Å². The molecule has 0 atom stereocenters. The highest BCUT2D eigenvalue weighted by Crippen LogP contribution is 2.41. The summed E-state index contributed by atoms with van der Waals surface area (Å²) in [5.74, 6) is 1.86. The first kappa shape index (κ1) is 24.4. The van der Waals surface area contributed by atoms with Gasteiger partial charge in [-0.05, 0) is 59.0 Å². The van der Waals surface area contributed by atoms with Gasteiger partial charge in [-0.25, -0.2) is 4.98 Å². The van der Waals surface area contributed by atoms with Gasteiger partial charge in [-0.3, -0.25) is 4.57 Å². The molecule has 0 saturated heterocycles. The van der Waals surface area contributed by atoms with E-state index in [9.17, 15) is 0 Å². The molecule has 45 heavy (non-hydrogen) atoms. The van der Waals surface area contributed by atoms with E-state index in [1.807, 2.05) is 30.3 Å². The lowest BCUT2D eigenvalue weighted by atomic mass is 10.0. The topological polar surface area (TPSA) is 56.7 Å². The highest BCUT2D eigenvalue weighted by atomic mass is 16.3. The second-order valence-electron chi connectivity index (χ2n) is 11.6. The lowest BCUT2D eigenvalue weighted by Gasteiger charge is -2.12. The summed E-state index contributed by atoms with van der Waals surface area (Å²) in [6, 6.07) is 46.3. The molecule has 1 aliphatic carbocycles. The number of nitrogens with zero attached hydrogens (tertiary/aromatic N) is 4. The Hall–Kier alpha value is -6.07. The van der Waals surface area contributed by atoms with Crippen LogP contribution in [0.15, 0.2) is 138 Å². The minimum absolute atomic E-state index is 0.576. The van der Waals surface area contributed by atoms with Gasteiger partial charge in [0.25, 0.3) is 0 Å². The Balaban J connectivity index is 1.28. The van der Waals surface area contributed by atoms with E-state index in [2.05, 4.69) is 108 Å². The zero-order valence-corrected chi connectivity index (χ0v) is 24.1. The van der Waals surface area contributed by atoms with E-state index in [-0.39, 0.29) is 0 Å². The molecule has 0 unspecified atom stereocenters. The maximum atomic E-state index is 6.34. The average Bonchev–Trinajstić information content (AvgIpc) is 3.77. The van der Waals surface area contributed by atoms with Crippen molar-refractivity contribution in [2.45, 2.75) is 6.42 Å². The Kier molecular flexibility index (Phi) is 4.99. The molecule has 3 aromatic heterocycles. The lowest BCUT2D eigenvalue weighted by Crippen LogP contribution is -2.06. The average molecular weight is 577 g/mol. The predicted molar refractivity (Wildman–Crippen MR) is 181 cm³/mol. The van der Waals surface area contributed by atoms with Gasteiger partial charge >= 0.3 is 0 Å². The molecule has 0 aliphatic heterocycles. The van der Waals surface area contributed by atoms with Crippen LogP contribution in [0.4, 0.5) is 0 Å². The Morgan fingerprint density at radius 2 is 1.24 bits per heavy atom. The van der Waals surface area contributed by atoms with Gasteiger partial charge in [0.1, 0.15) is 11.2 Å². The molecule has 0 N–H and O–H groups in total. The van der Waals surface area contributed by atoms with Crippen LogP contribution in [0.2, 0.25) is 0 Å². The normalized spacial score (nSPS) is 12.4. The second kappa shape index (κ2) is 9.21. The largest absolute Gasteiger partial charge is 0.456 e. The van der Waals surface area contributed by atoms with Gasteiger partial charge in [-0.2, -0.15) is 9.97 Å². The first-order valence-corrected chi connectivity index (χ1v) is 15.2. The van der Waals surface area contributed by atoms with Crippen molar-refractivity contribution in [3.8, 4) is 39.9 Å². The monoisotopic (exact) mass is 576 g/mol. The molecule has 10 rings (SSSR count). The summed E-state index contributed by atoms with van der Waals surface area (Å²) in [5.41, 5.74) is 10.9. The highest BCUT2D eigenvalue weighted by molar-refractivity contribution is 6.24. The molecular weight excluding hydrogens is 552 g/mol. The number of furan rings is 1. The fraction of sp³-hybridized carbons (Fsp3) is 0.0250. The van der Waals surface area contributed by atoms with Gasteiger partial charge in [-0.15, -0.1) is 0 Å². The van der Waals surface area contributed by atoms with Crippen LogP contribution in [0.25, 0.3) is 83.6 Å². The summed E-state index contributed by atoms with van der Waals surface area (Å²) >= 11 is 0. The Labute approximate surface area is 258 Å². The quantitative estimate of drug-likeness (QED) is 0.210. The third kappa shape index (κ3) is 3.58. The van der Waals surface area contributed by atoms with Crippen molar-refractivity contribution in [1.82, 2.24) is 19.5 Å². The summed E-state index contributed by atoms with van der Waals surface area (Å²) in [5, 5.41) is 4.39. The summed E-state index contributed by atoms with van der Waals surface area (Å²) in [4.78, 5) is 15.5. The Bertz CT molecular complexity index is 2630. The number of rotatable bonds is 3. The van der Waals surface area contributed by atoms with E-state index in [4.69, 9.17) is 19.4 Å². The SMILES string of the molecule is c1ccc(-c2nc(-c3ccc4c(c3)Cc3ccccc3-4)nc(-n3c4ccccc4c4ccc5oc6ccccc6c5c43)n2)cc1. The number of para-hydroxylation sites is 2. The van der Waals surface area contributed by atoms with Crippen LogP contribution < -0.4 is 0 Å². The molecule has 0 bridgehead atoms. The van der Waals surface area contributed by atoms with Crippen LogP contribution in [0, 0.1) is 0 Å². The number of benzene rings is 6. The van der Waals surface area contributed by atoms with Gasteiger partial charge in [0.15, 0.2) is 11.6 Å². The van der Waals surface area contributed by atoms with Crippen LogP contribution in [0.3, 0.4) is 0 Å². The van der Waals surface area contributed by atoms with Crippen molar-refractivity contribution in [1.29, 1.82) is 0 Å². The van der Waals surface area contributed by atoms with Crippen molar-refractivity contribution in [3.63, 3.8) is 0 Å². The third-order valence-corrected chi connectivity index (χ3v) is 9.08. The van der Waals surface area contributed by atoms with Gasteiger partial charge in [0, 0.05) is 27.3 Å². The second-order valence-corrected chi connectivity index (χ2v) is 11.6. The summed E-state index contributed by atoms with van der Waals surface area (Å²) in [6.07, 6.45) is 0.904. The molecular formula is C40H24N4O. The molecule has 6 aromatic carbocycles. The van der Waals surface area contributed by atoms with Gasteiger partial charge in [0.05, 0.1) is 16.4 Å². The molecule has 5 nitrogen and oxygen atoms in total. The van der Waals surface area contributed by atoms with E-state index in [0.29, 0.717) is 17.6 Å². The first-order chi connectivity index (χ1) is 22.3. The smallest absolute Gasteiger partial charge is 0.238 e. The molecule has 0 saturated carbocycles. The van der Waals surface area contributed by atoms with Crippen molar-refractivity contribution >= 4 is 43.7 Å². The molecule has 0 amide bonds. The van der Waals surface area contributed by atoms with E-state index >= 15 is 0 Å². The van der Waals surface area contributed by atoms with Crippen LogP contribution in [0.5, 0.6) is 0 Å². The molecule has 5 heteroatoms.